The first-order valence-corrected chi connectivity index (χ1v) is 7.97. The zero-order valence-electron chi connectivity index (χ0n) is 12.9. The molecule has 0 bridgehead atoms. The number of carbonyl (C=O) groups is 1. The molecule has 24 heavy (non-hydrogen) atoms. The van der Waals surface area contributed by atoms with Crippen molar-refractivity contribution in [1.29, 1.82) is 0 Å². The Hall–Kier alpha value is -2.73. The standard InChI is InChI=1S/C18H15BrN2O3/c1-23-16-7-6-13(10-14(16)20)21-18(22)17-9-8-15(24-17)11-2-4-12(19)5-3-11/h2-10H,20H2,1H3,(H,21,22). The Balaban J connectivity index is 1.76. The minimum Gasteiger partial charge on any atom is -0.495 e. The maximum atomic E-state index is 12.3. The average molecular weight is 387 g/mol. The predicted molar refractivity (Wildman–Crippen MR) is 97.2 cm³/mol. The van der Waals surface area contributed by atoms with E-state index >= 15 is 0 Å². The molecule has 0 aliphatic heterocycles. The zero-order chi connectivity index (χ0) is 17.1. The average Bonchev–Trinajstić information content (AvgIpc) is 3.06. The van der Waals surface area contributed by atoms with Gasteiger partial charge in [-0.15, -0.1) is 0 Å². The minimum absolute atomic E-state index is 0.224. The van der Waals surface area contributed by atoms with Crippen LogP contribution in [0.1, 0.15) is 10.6 Å². The van der Waals surface area contributed by atoms with Crippen molar-refractivity contribution in [3.63, 3.8) is 0 Å². The Bertz CT molecular complexity index is 872. The fourth-order valence-corrected chi connectivity index (χ4v) is 2.50. The fourth-order valence-electron chi connectivity index (χ4n) is 2.23. The van der Waals surface area contributed by atoms with Gasteiger partial charge in [0.25, 0.3) is 5.91 Å². The van der Waals surface area contributed by atoms with Crippen LogP contribution in [-0.2, 0) is 0 Å². The van der Waals surface area contributed by atoms with Crippen molar-refractivity contribution in [3.05, 3.63) is 64.8 Å². The topological polar surface area (TPSA) is 77.5 Å². The fraction of sp³-hybridized carbons (Fsp3) is 0.0556. The van der Waals surface area contributed by atoms with Crippen molar-refractivity contribution >= 4 is 33.2 Å². The molecule has 0 saturated carbocycles. The highest BCUT2D eigenvalue weighted by Gasteiger charge is 2.13. The number of amides is 1. The Kier molecular flexibility index (Phi) is 4.57. The van der Waals surface area contributed by atoms with Gasteiger partial charge in [-0.2, -0.15) is 0 Å². The third kappa shape index (κ3) is 3.44. The first-order chi connectivity index (χ1) is 11.6. The van der Waals surface area contributed by atoms with E-state index in [9.17, 15) is 4.79 Å². The highest BCUT2D eigenvalue weighted by molar-refractivity contribution is 9.10. The molecule has 0 spiro atoms. The number of nitrogen functional groups attached to an aromatic ring is 1. The van der Waals surface area contributed by atoms with E-state index in [4.69, 9.17) is 14.9 Å². The van der Waals surface area contributed by atoms with E-state index in [1.54, 1.807) is 30.3 Å². The molecule has 3 aromatic rings. The lowest BCUT2D eigenvalue weighted by Crippen LogP contribution is -2.11. The molecule has 0 aliphatic carbocycles. The van der Waals surface area contributed by atoms with Gasteiger partial charge in [0.1, 0.15) is 11.5 Å². The van der Waals surface area contributed by atoms with Crippen molar-refractivity contribution in [1.82, 2.24) is 0 Å². The number of halogens is 1. The van der Waals surface area contributed by atoms with Crippen molar-refractivity contribution < 1.29 is 13.9 Å². The lowest BCUT2D eigenvalue weighted by atomic mass is 10.2. The first kappa shape index (κ1) is 16.1. The van der Waals surface area contributed by atoms with Gasteiger partial charge in [-0.25, -0.2) is 0 Å². The smallest absolute Gasteiger partial charge is 0.291 e. The van der Waals surface area contributed by atoms with Crippen LogP contribution in [0.5, 0.6) is 5.75 Å². The number of methoxy groups -OCH3 is 1. The second kappa shape index (κ2) is 6.80. The van der Waals surface area contributed by atoms with Crippen LogP contribution in [0.2, 0.25) is 0 Å². The normalized spacial score (nSPS) is 10.4. The van der Waals surface area contributed by atoms with Crippen molar-refractivity contribution in [2.75, 3.05) is 18.2 Å². The number of ether oxygens (including phenoxy) is 1. The summed E-state index contributed by atoms with van der Waals surface area (Å²) in [6.07, 6.45) is 0. The van der Waals surface area contributed by atoms with E-state index in [-0.39, 0.29) is 11.7 Å². The van der Waals surface area contributed by atoms with Crippen molar-refractivity contribution in [2.45, 2.75) is 0 Å². The number of benzene rings is 2. The molecule has 0 radical (unpaired) electrons. The van der Waals surface area contributed by atoms with E-state index in [2.05, 4.69) is 21.2 Å². The number of nitrogens with one attached hydrogen (secondary N) is 1. The summed E-state index contributed by atoms with van der Waals surface area (Å²) in [5, 5.41) is 2.75. The maximum Gasteiger partial charge on any atom is 0.291 e. The third-order valence-corrected chi connectivity index (χ3v) is 3.97. The molecule has 122 valence electrons. The summed E-state index contributed by atoms with van der Waals surface area (Å²) in [5.74, 6) is 1.07. The number of nitrogens with two attached hydrogens (primary N) is 1. The van der Waals surface area contributed by atoms with E-state index in [0.29, 0.717) is 22.9 Å². The van der Waals surface area contributed by atoms with Crippen LogP contribution in [0.4, 0.5) is 11.4 Å². The van der Waals surface area contributed by atoms with Crippen LogP contribution < -0.4 is 15.8 Å². The monoisotopic (exact) mass is 386 g/mol. The second-order valence-corrected chi connectivity index (χ2v) is 6.00. The Morgan fingerprint density at radius 1 is 1.12 bits per heavy atom. The summed E-state index contributed by atoms with van der Waals surface area (Å²) in [4.78, 5) is 12.3. The van der Waals surface area contributed by atoms with Gasteiger partial charge in [0.05, 0.1) is 12.8 Å². The molecule has 1 amide bonds. The van der Waals surface area contributed by atoms with E-state index in [1.807, 2.05) is 24.3 Å². The summed E-state index contributed by atoms with van der Waals surface area (Å²) in [6.45, 7) is 0. The van der Waals surface area contributed by atoms with Crippen LogP contribution in [0.15, 0.2) is 63.5 Å². The summed E-state index contributed by atoms with van der Waals surface area (Å²) in [6, 6.07) is 16.1. The number of carbonyl (C=O) groups excluding carboxylic acids is 1. The quantitative estimate of drug-likeness (QED) is 0.644. The molecule has 3 rings (SSSR count). The molecule has 0 atom stereocenters. The predicted octanol–water partition coefficient (Wildman–Crippen LogP) is 4.55. The molecule has 0 aliphatic rings. The molecule has 3 N–H and O–H groups in total. The Morgan fingerprint density at radius 3 is 2.54 bits per heavy atom. The number of hydrogen-bond donors (Lipinski definition) is 2. The number of hydrogen-bond acceptors (Lipinski definition) is 4. The highest BCUT2D eigenvalue weighted by Crippen LogP contribution is 2.26. The largest absolute Gasteiger partial charge is 0.495 e. The van der Waals surface area contributed by atoms with Crippen molar-refractivity contribution in [3.8, 4) is 17.1 Å². The van der Waals surface area contributed by atoms with Crippen LogP contribution in [0.3, 0.4) is 0 Å². The van der Waals surface area contributed by atoms with Crippen molar-refractivity contribution in [2.24, 2.45) is 0 Å². The SMILES string of the molecule is COc1ccc(NC(=O)c2ccc(-c3ccc(Br)cc3)o2)cc1N. The van der Waals surface area contributed by atoms with Gasteiger partial charge in [-0.1, -0.05) is 28.1 Å². The molecule has 2 aromatic carbocycles. The molecule has 1 aromatic heterocycles. The molecular formula is C18H15BrN2O3. The van der Waals surface area contributed by atoms with E-state index in [0.717, 1.165) is 10.0 Å². The number of furan rings is 1. The summed E-state index contributed by atoms with van der Waals surface area (Å²) in [7, 11) is 1.54. The molecule has 0 fully saturated rings. The molecule has 0 saturated heterocycles. The van der Waals surface area contributed by atoms with Gasteiger partial charge in [-0.3, -0.25) is 4.79 Å². The van der Waals surface area contributed by atoms with Gasteiger partial charge < -0.3 is 20.2 Å². The molecule has 1 heterocycles. The van der Waals surface area contributed by atoms with E-state index in [1.165, 1.54) is 7.11 Å². The van der Waals surface area contributed by atoms with Crippen LogP contribution in [-0.4, -0.2) is 13.0 Å². The van der Waals surface area contributed by atoms with Gasteiger partial charge in [0.15, 0.2) is 5.76 Å². The molecule has 6 heteroatoms. The first-order valence-electron chi connectivity index (χ1n) is 7.17. The maximum absolute atomic E-state index is 12.3. The van der Waals surface area contributed by atoms with Gasteiger partial charge in [0.2, 0.25) is 0 Å². The molecule has 5 nitrogen and oxygen atoms in total. The molecular weight excluding hydrogens is 372 g/mol. The van der Waals surface area contributed by atoms with E-state index < -0.39 is 0 Å². The van der Waals surface area contributed by atoms with Crippen LogP contribution in [0.25, 0.3) is 11.3 Å². The summed E-state index contributed by atoms with van der Waals surface area (Å²) in [5.41, 5.74) is 7.75. The van der Waals surface area contributed by atoms with Gasteiger partial charge in [-0.05, 0) is 42.5 Å². The van der Waals surface area contributed by atoms with Crippen LogP contribution >= 0.6 is 15.9 Å². The highest BCUT2D eigenvalue weighted by atomic mass is 79.9. The number of rotatable bonds is 4. The summed E-state index contributed by atoms with van der Waals surface area (Å²) < 4.78 is 11.7. The van der Waals surface area contributed by atoms with Crippen LogP contribution in [0, 0.1) is 0 Å². The lowest BCUT2D eigenvalue weighted by Gasteiger charge is -2.07. The Morgan fingerprint density at radius 2 is 1.88 bits per heavy atom. The lowest BCUT2D eigenvalue weighted by molar-refractivity contribution is 0.0997. The number of anilines is 2. The second-order valence-electron chi connectivity index (χ2n) is 5.08. The summed E-state index contributed by atoms with van der Waals surface area (Å²) >= 11 is 3.39. The molecule has 0 unspecified atom stereocenters. The Labute approximate surface area is 147 Å². The third-order valence-electron chi connectivity index (χ3n) is 3.45. The minimum atomic E-state index is -0.345. The van der Waals surface area contributed by atoms with Gasteiger partial charge in [0, 0.05) is 15.7 Å². The van der Waals surface area contributed by atoms with Gasteiger partial charge >= 0.3 is 0 Å². The zero-order valence-corrected chi connectivity index (χ0v) is 14.5.